The van der Waals surface area contributed by atoms with Gasteiger partial charge in [-0.15, -0.1) is 0 Å². The van der Waals surface area contributed by atoms with Crippen molar-refractivity contribution < 1.29 is 24.4 Å². The fourth-order valence-corrected chi connectivity index (χ4v) is 1.50. The molecule has 0 bridgehead atoms. The molecule has 1 heterocycles. The molecule has 0 aliphatic carbocycles. The maximum Gasteiger partial charge on any atom is 0.231 e. The molecule has 2 N–H and O–H groups in total. The Kier molecular flexibility index (Phi) is 3.40. The van der Waals surface area contributed by atoms with E-state index in [4.69, 9.17) is 14.2 Å². The van der Waals surface area contributed by atoms with Gasteiger partial charge in [0.2, 0.25) is 6.79 Å². The lowest BCUT2D eigenvalue weighted by Crippen LogP contribution is -2.26. The quantitative estimate of drug-likeness (QED) is 0.823. The Morgan fingerprint density at radius 2 is 1.94 bits per heavy atom. The van der Waals surface area contributed by atoms with Crippen LogP contribution in [0.1, 0.15) is 19.4 Å². The Morgan fingerprint density at radius 3 is 2.53 bits per heavy atom. The third-order valence-electron chi connectivity index (χ3n) is 2.72. The van der Waals surface area contributed by atoms with Crippen LogP contribution in [0.3, 0.4) is 0 Å². The highest BCUT2D eigenvalue weighted by atomic mass is 16.7. The minimum atomic E-state index is -0.591. The minimum Gasteiger partial charge on any atom is -0.488 e. The molecule has 1 aromatic rings. The summed E-state index contributed by atoms with van der Waals surface area (Å²) < 4.78 is 16.0. The van der Waals surface area contributed by atoms with Crippen molar-refractivity contribution in [3.05, 3.63) is 17.7 Å². The third kappa shape index (κ3) is 2.45. The van der Waals surface area contributed by atoms with E-state index in [1.54, 1.807) is 26.0 Å². The molecule has 0 aromatic heterocycles. The molecule has 5 nitrogen and oxygen atoms in total. The number of rotatable bonds is 4. The second kappa shape index (κ2) is 4.81. The molecule has 0 fully saturated rings. The van der Waals surface area contributed by atoms with Crippen LogP contribution >= 0.6 is 0 Å². The predicted molar refractivity (Wildman–Crippen MR) is 60.3 cm³/mol. The lowest BCUT2D eigenvalue weighted by Gasteiger charge is -2.19. The first kappa shape index (κ1) is 12.0. The Bertz CT molecular complexity index is 402. The molecule has 1 aliphatic heterocycles. The number of aliphatic hydroxyl groups excluding tert-OH is 2. The van der Waals surface area contributed by atoms with E-state index >= 15 is 0 Å². The third-order valence-corrected chi connectivity index (χ3v) is 2.72. The average Bonchev–Trinajstić information content (AvgIpc) is 2.74. The van der Waals surface area contributed by atoms with E-state index in [1.165, 1.54) is 0 Å². The van der Waals surface area contributed by atoms with E-state index in [0.29, 0.717) is 22.8 Å². The van der Waals surface area contributed by atoms with Gasteiger partial charge >= 0.3 is 0 Å². The molecule has 0 radical (unpaired) electrons. The van der Waals surface area contributed by atoms with E-state index in [9.17, 15) is 10.2 Å². The summed E-state index contributed by atoms with van der Waals surface area (Å²) in [5.41, 5.74) is 0.613. The van der Waals surface area contributed by atoms with Gasteiger partial charge in [0.25, 0.3) is 0 Å². The van der Waals surface area contributed by atoms with Crippen molar-refractivity contribution in [2.24, 2.45) is 0 Å². The zero-order chi connectivity index (χ0) is 12.4. The summed E-state index contributed by atoms with van der Waals surface area (Å²) >= 11 is 0. The number of ether oxygens (including phenoxy) is 3. The summed E-state index contributed by atoms with van der Waals surface area (Å²) in [5.74, 6) is 1.70. The topological polar surface area (TPSA) is 68.2 Å². The van der Waals surface area contributed by atoms with Crippen molar-refractivity contribution in [1.29, 1.82) is 0 Å². The molecule has 5 heteroatoms. The minimum absolute atomic E-state index is 0.154. The lowest BCUT2D eigenvalue weighted by molar-refractivity contribution is 0.0588. The van der Waals surface area contributed by atoms with Gasteiger partial charge in [-0.3, -0.25) is 0 Å². The fraction of sp³-hybridized carbons (Fsp3) is 0.500. The Hall–Kier alpha value is -1.46. The molecule has 1 aliphatic rings. The number of fused-ring (bicyclic) bond motifs is 1. The summed E-state index contributed by atoms with van der Waals surface area (Å²) in [7, 11) is 0. The van der Waals surface area contributed by atoms with Crippen LogP contribution in [0.4, 0.5) is 0 Å². The molecule has 2 atom stereocenters. The highest BCUT2D eigenvalue weighted by molar-refractivity contribution is 5.51. The van der Waals surface area contributed by atoms with Crippen molar-refractivity contribution in [2.45, 2.75) is 32.7 Å². The lowest BCUT2D eigenvalue weighted by atomic mass is 10.1. The second-order valence-corrected chi connectivity index (χ2v) is 4.03. The van der Waals surface area contributed by atoms with E-state index in [0.717, 1.165) is 0 Å². The van der Waals surface area contributed by atoms with E-state index in [1.807, 2.05) is 0 Å². The second-order valence-electron chi connectivity index (χ2n) is 4.03. The van der Waals surface area contributed by atoms with E-state index in [-0.39, 0.29) is 19.5 Å². The highest BCUT2D eigenvalue weighted by Crippen LogP contribution is 2.38. The van der Waals surface area contributed by atoms with E-state index < -0.39 is 6.10 Å². The SMILES string of the molecule is CC(O)C(C)Oc1cc2c(cc1CO)OCO2. The van der Waals surface area contributed by atoms with Crippen LogP contribution in [0.2, 0.25) is 0 Å². The fourth-order valence-electron chi connectivity index (χ4n) is 1.50. The van der Waals surface area contributed by atoms with Crippen LogP contribution in [0.25, 0.3) is 0 Å². The van der Waals surface area contributed by atoms with Crippen LogP contribution in [-0.4, -0.2) is 29.2 Å². The van der Waals surface area contributed by atoms with Crippen molar-refractivity contribution >= 4 is 0 Å². The monoisotopic (exact) mass is 240 g/mol. The highest BCUT2D eigenvalue weighted by Gasteiger charge is 2.20. The Balaban J connectivity index is 2.26. The summed E-state index contributed by atoms with van der Waals surface area (Å²) in [4.78, 5) is 0. The van der Waals surface area contributed by atoms with Gasteiger partial charge in [0.1, 0.15) is 11.9 Å². The average molecular weight is 240 g/mol. The van der Waals surface area contributed by atoms with Gasteiger partial charge in [0, 0.05) is 11.6 Å². The summed E-state index contributed by atoms with van der Waals surface area (Å²) in [6.45, 7) is 3.43. The summed E-state index contributed by atoms with van der Waals surface area (Å²) in [5, 5.41) is 18.7. The molecule has 2 unspecified atom stereocenters. The molecule has 94 valence electrons. The normalized spacial score (nSPS) is 16.7. The van der Waals surface area contributed by atoms with Gasteiger partial charge < -0.3 is 24.4 Å². The Labute approximate surface area is 99.5 Å². The standard InChI is InChI=1S/C12H16O5/c1-7(14)8(2)17-10-4-12-11(15-6-16-12)3-9(10)5-13/h3-4,7-8,13-14H,5-6H2,1-2H3. The molecule has 0 saturated carbocycles. The predicted octanol–water partition coefficient (Wildman–Crippen LogP) is 1.06. The first-order valence-corrected chi connectivity index (χ1v) is 5.50. The van der Waals surface area contributed by atoms with Crippen LogP contribution in [0, 0.1) is 0 Å². The van der Waals surface area contributed by atoms with Crippen LogP contribution in [0.5, 0.6) is 17.2 Å². The molecule has 17 heavy (non-hydrogen) atoms. The molecule has 0 spiro atoms. The van der Waals surface area contributed by atoms with E-state index in [2.05, 4.69) is 0 Å². The maximum absolute atomic E-state index is 9.40. The number of aliphatic hydroxyl groups is 2. The molecular weight excluding hydrogens is 224 g/mol. The van der Waals surface area contributed by atoms with Gasteiger partial charge in [-0.2, -0.15) is 0 Å². The van der Waals surface area contributed by atoms with Gasteiger partial charge in [-0.25, -0.2) is 0 Å². The van der Waals surface area contributed by atoms with Crippen LogP contribution < -0.4 is 14.2 Å². The van der Waals surface area contributed by atoms with Gasteiger partial charge in [-0.05, 0) is 19.9 Å². The number of hydrogen-bond donors (Lipinski definition) is 2. The van der Waals surface area contributed by atoms with Crippen molar-refractivity contribution in [2.75, 3.05) is 6.79 Å². The summed E-state index contributed by atoms with van der Waals surface area (Å²) in [6, 6.07) is 3.36. The molecule has 0 amide bonds. The van der Waals surface area contributed by atoms with Crippen LogP contribution in [0.15, 0.2) is 12.1 Å². The van der Waals surface area contributed by atoms with Gasteiger partial charge in [-0.1, -0.05) is 0 Å². The number of hydrogen-bond acceptors (Lipinski definition) is 5. The Morgan fingerprint density at radius 1 is 1.29 bits per heavy atom. The van der Waals surface area contributed by atoms with Gasteiger partial charge in [0.15, 0.2) is 11.5 Å². The molecule has 0 saturated heterocycles. The smallest absolute Gasteiger partial charge is 0.231 e. The largest absolute Gasteiger partial charge is 0.488 e. The number of benzene rings is 1. The van der Waals surface area contributed by atoms with Gasteiger partial charge in [0.05, 0.1) is 12.7 Å². The van der Waals surface area contributed by atoms with Crippen molar-refractivity contribution in [1.82, 2.24) is 0 Å². The maximum atomic E-state index is 9.40. The summed E-state index contributed by atoms with van der Waals surface area (Å²) in [6.07, 6.45) is -0.951. The zero-order valence-electron chi connectivity index (χ0n) is 9.84. The first-order chi connectivity index (χ1) is 8.11. The molecular formula is C12H16O5. The zero-order valence-corrected chi connectivity index (χ0v) is 9.84. The van der Waals surface area contributed by atoms with Crippen molar-refractivity contribution in [3.8, 4) is 17.2 Å². The molecule has 1 aromatic carbocycles. The van der Waals surface area contributed by atoms with Crippen molar-refractivity contribution in [3.63, 3.8) is 0 Å². The first-order valence-electron chi connectivity index (χ1n) is 5.50. The van der Waals surface area contributed by atoms with Crippen LogP contribution in [-0.2, 0) is 6.61 Å². The molecule has 2 rings (SSSR count).